The minimum Gasteiger partial charge on any atom is -0.301 e. The lowest BCUT2D eigenvalue weighted by Gasteiger charge is -2.14. The lowest BCUT2D eigenvalue weighted by Crippen LogP contribution is -2.39. The Morgan fingerprint density at radius 3 is 2.53 bits per heavy atom. The zero-order chi connectivity index (χ0) is 13.4. The molecule has 2 fully saturated rings. The molecule has 2 amide bonds. The maximum atomic E-state index is 12.8. The Morgan fingerprint density at radius 2 is 1.89 bits per heavy atom. The smallest absolute Gasteiger partial charge is 0.247 e. The van der Waals surface area contributed by atoms with Crippen LogP contribution >= 0.6 is 0 Å². The number of imide groups is 1. The summed E-state index contributed by atoms with van der Waals surface area (Å²) in [6.45, 7) is 0.461. The number of amides is 2. The van der Waals surface area contributed by atoms with Crippen molar-refractivity contribution in [2.24, 2.45) is 0 Å². The number of likely N-dealkylation sites (tertiary alicyclic amines) is 1. The molecule has 1 aromatic rings. The molecule has 1 aliphatic heterocycles. The molecule has 1 N–H and O–H groups in total. The van der Waals surface area contributed by atoms with Crippen LogP contribution < -0.4 is 5.32 Å². The third kappa shape index (κ3) is 2.51. The molecule has 100 valence electrons. The van der Waals surface area contributed by atoms with E-state index in [4.69, 9.17) is 0 Å². The molecule has 0 spiro atoms. The van der Waals surface area contributed by atoms with Gasteiger partial charge >= 0.3 is 0 Å². The van der Waals surface area contributed by atoms with Crippen LogP contribution in [0, 0.1) is 5.82 Å². The highest BCUT2D eigenvalue weighted by Gasteiger charge is 2.45. The number of hydrogen-bond donors (Lipinski definition) is 1. The van der Waals surface area contributed by atoms with Gasteiger partial charge in [0.1, 0.15) is 5.82 Å². The first-order valence-corrected chi connectivity index (χ1v) is 6.49. The summed E-state index contributed by atoms with van der Waals surface area (Å²) in [5, 5.41) is 3.08. The summed E-state index contributed by atoms with van der Waals surface area (Å²) in [7, 11) is 0. The van der Waals surface area contributed by atoms with Crippen LogP contribution in [0.25, 0.3) is 0 Å². The van der Waals surface area contributed by atoms with Gasteiger partial charge in [0.2, 0.25) is 11.8 Å². The van der Waals surface area contributed by atoms with Crippen LogP contribution in [0.15, 0.2) is 24.3 Å². The molecule has 3 rings (SSSR count). The van der Waals surface area contributed by atoms with Gasteiger partial charge in [0.25, 0.3) is 0 Å². The van der Waals surface area contributed by atoms with Gasteiger partial charge in [-0.3, -0.25) is 14.5 Å². The van der Waals surface area contributed by atoms with E-state index < -0.39 is 6.04 Å². The number of hydrogen-bond acceptors (Lipinski definition) is 3. The van der Waals surface area contributed by atoms with E-state index in [9.17, 15) is 14.0 Å². The Morgan fingerprint density at radius 1 is 1.21 bits per heavy atom. The Labute approximate surface area is 110 Å². The Balaban J connectivity index is 1.60. The SMILES string of the molecule is O=C1CC(NCc2ccc(F)cc2)C(=O)N1C1CC1. The van der Waals surface area contributed by atoms with Crippen LogP contribution in [-0.4, -0.2) is 28.8 Å². The quantitative estimate of drug-likeness (QED) is 0.830. The van der Waals surface area contributed by atoms with Gasteiger partial charge in [0, 0.05) is 12.6 Å². The molecule has 4 nitrogen and oxygen atoms in total. The van der Waals surface area contributed by atoms with E-state index in [-0.39, 0.29) is 30.1 Å². The normalized spacial score (nSPS) is 23.2. The molecular formula is C14H15FN2O2. The molecule has 1 aromatic carbocycles. The van der Waals surface area contributed by atoms with E-state index in [1.165, 1.54) is 17.0 Å². The Kier molecular flexibility index (Phi) is 3.06. The topological polar surface area (TPSA) is 49.4 Å². The van der Waals surface area contributed by atoms with Crippen molar-refractivity contribution < 1.29 is 14.0 Å². The van der Waals surface area contributed by atoms with Gasteiger partial charge in [-0.15, -0.1) is 0 Å². The van der Waals surface area contributed by atoms with E-state index in [2.05, 4.69) is 5.32 Å². The van der Waals surface area contributed by atoms with Crippen LogP contribution in [0.4, 0.5) is 4.39 Å². The zero-order valence-electron chi connectivity index (χ0n) is 10.4. The summed E-state index contributed by atoms with van der Waals surface area (Å²) >= 11 is 0. The second-order valence-electron chi connectivity index (χ2n) is 5.10. The molecule has 0 bridgehead atoms. The molecule has 1 unspecified atom stereocenters. The third-order valence-corrected chi connectivity index (χ3v) is 3.56. The first-order chi connectivity index (χ1) is 9.15. The number of carbonyl (C=O) groups is 2. The van der Waals surface area contributed by atoms with Gasteiger partial charge in [-0.2, -0.15) is 0 Å². The molecule has 2 aliphatic rings. The average Bonchev–Trinajstić information content (AvgIpc) is 3.17. The van der Waals surface area contributed by atoms with Gasteiger partial charge in [0.05, 0.1) is 12.5 Å². The van der Waals surface area contributed by atoms with Crippen molar-refractivity contribution in [3.05, 3.63) is 35.6 Å². The van der Waals surface area contributed by atoms with Crippen LogP contribution in [0.1, 0.15) is 24.8 Å². The molecule has 5 heteroatoms. The van der Waals surface area contributed by atoms with Crippen molar-refractivity contribution in [2.45, 2.75) is 37.9 Å². The number of rotatable bonds is 4. The number of halogens is 1. The fourth-order valence-corrected chi connectivity index (χ4v) is 2.37. The zero-order valence-corrected chi connectivity index (χ0v) is 10.4. The molecule has 1 atom stereocenters. The highest BCUT2D eigenvalue weighted by Crippen LogP contribution is 2.31. The average molecular weight is 262 g/mol. The van der Waals surface area contributed by atoms with Crippen molar-refractivity contribution in [3.63, 3.8) is 0 Å². The van der Waals surface area contributed by atoms with Crippen molar-refractivity contribution >= 4 is 11.8 Å². The van der Waals surface area contributed by atoms with Crippen molar-refractivity contribution in [1.29, 1.82) is 0 Å². The second-order valence-corrected chi connectivity index (χ2v) is 5.10. The maximum absolute atomic E-state index is 12.8. The minimum absolute atomic E-state index is 0.0795. The number of benzene rings is 1. The first-order valence-electron chi connectivity index (χ1n) is 6.49. The van der Waals surface area contributed by atoms with Gasteiger partial charge in [-0.25, -0.2) is 4.39 Å². The highest BCUT2D eigenvalue weighted by molar-refractivity contribution is 6.06. The third-order valence-electron chi connectivity index (χ3n) is 3.56. The molecule has 1 heterocycles. The number of nitrogens with zero attached hydrogens (tertiary/aromatic N) is 1. The predicted molar refractivity (Wildman–Crippen MR) is 66.5 cm³/mol. The van der Waals surface area contributed by atoms with E-state index in [0.717, 1.165) is 18.4 Å². The maximum Gasteiger partial charge on any atom is 0.247 e. The van der Waals surface area contributed by atoms with Crippen LogP contribution in [-0.2, 0) is 16.1 Å². The second kappa shape index (κ2) is 4.74. The fraction of sp³-hybridized carbons (Fsp3) is 0.429. The summed E-state index contributed by atoms with van der Waals surface area (Å²) in [6.07, 6.45) is 2.10. The van der Waals surface area contributed by atoms with Crippen LogP contribution in [0.5, 0.6) is 0 Å². The summed E-state index contributed by atoms with van der Waals surface area (Å²) in [5.41, 5.74) is 0.895. The Hall–Kier alpha value is -1.75. The summed E-state index contributed by atoms with van der Waals surface area (Å²) in [4.78, 5) is 25.2. The molecule has 0 aromatic heterocycles. The van der Waals surface area contributed by atoms with E-state index in [1.807, 2.05) is 0 Å². The van der Waals surface area contributed by atoms with Crippen LogP contribution in [0.3, 0.4) is 0 Å². The van der Waals surface area contributed by atoms with E-state index in [0.29, 0.717) is 6.54 Å². The lowest BCUT2D eigenvalue weighted by atomic mass is 10.2. The number of carbonyl (C=O) groups excluding carboxylic acids is 2. The lowest BCUT2D eigenvalue weighted by molar-refractivity contribution is -0.139. The molecule has 19 heavy (non-hydrogen) atoms. The standard InChI is InChI=1S/C14H15FN2O2/c15-10-3-1-9(2-4-10)8-16-12-7-13(18)17(14(12)19)11-5-6-11/h1-4,11-12,16H,5-8H2. The molecule has 1 saturated carbocycles. The van der Waals surface area contributed by atoms with E-state index in [1.54, 1.807) is 12.1 Å². The van der Waals surface area contributed by atoms with Crippen LogP contribution in [0.2, 0.25) is 0 Å². The minimum atomic E-state index is -0.432. The highest BCUT2D eigenvalue weighted by atomic mass is 19.1. The van der Waals surface area contributed by atoms with Crippen molar-refractivity contribution in [2.75, 3.05) is 0 Å². The fourth-order valence-electron chi connectivity index (χ4n) is 2.37. The largest absolute Gasteiger partial charge is 0.301 e. The molecule has 1 saturated heterocycles. The van der Waals surface area contributed by atoms with Crippen molar-refractivity contribution in [1.82, 2.24) is 10.2 Å². The molecular weight excluding hydrogens is 247 g/mol. The predicted octanol–water partition coefficient (Wildman–Crippen LogP) is 1.21. The van der Waals surface area contributed by atoms with Gasteiger partial charge in [0.15, 0.2) is 0 Å². The number of nitrogens with one attached hydrogen (secondary N) is 1. The van der Waals surface area contributed by atoms with Gasteiger partial charge in [-0.05, 0) is 30.5 Å². The summed E-state index contributed by atoms with van der Waals surface area (Å²) < 4.78 is 12.8. The van der Waals surface area contributed by atoms with Gasteiger partial charge < -0.3 is 5.32 Å². The summed E-state index contributed by atoms with van der Waals surface area (Å²) in [6, 6.07) is 5.81. The molecule has 1 aliphatic carbocycles. The Bertz CT molecular complexity index is 511. The molecule has 0 radical (unpaired) electrons. The monoisotopic (exact) mass is 262 g/mol. The first kappa shape index (κ1) is 12.3. The van der Waals surface area contributed by atoms with E-state index >= 15 is 0 Å². The summed E-state index contributed by atoms with van der Waals surface area (Å²) in [5.74, 6) is -0.477. The van der Waals surface area contributed by atoms with Gasteiger partial charge in [-0.1, -0.05) is 12.1 Å². The van der Waals surface area contributed by atoms with Crippen molar-refractivity contribution in [3.8, 4) is 0 Å².